The summed E-state index contributed by atoms with van der Waals surface area (Å²) in [7, 11) is 0. The van der Waals surface area contributed by atoms with Crippen LogP contribution < -0.4 is 4.74 Å². The molecule has 2 rings (SSSR count). The minimum atomic E-state index is -0.394. The number of likely N-dealkylation sites (tertiary alicyclic amines) is 1. The number of amides is 1. The number of nitrogens with zero attached hydrogens (tertiary/aromatic N) is 2. The van der Waals surface area contributed by atoms with E-state index in [1.54, 1.807) is 17.0 Å². The SMILES string of the molecule is CCOc1ccc(C(=O)N2CC[C@@H](O)C2)cn1. The zero-order valence-electron chi connectivity index (χ0n) is 9.80. The van der Waals surface area contributed by atoms with Crippen LogP contribution in [0.25, 0.3) is 0 Å². The summed E-state index contributed by atoms with van der Waals surface area (Å²) in [5, 5.41) is 9.38. The maximum absolute atomic E-state index is 12.0. The highest BCUT2D eigenvalue weighted by Gasteiger charge is 2.25. The lowest BCUT2D eigenvalue weighted by atomic mass is 10.2. The molecule has 1 aromatic heterocycles. The Balaban J connectivity index is 2.04. The molecular weight excluding hydrogens is 220 g/mol. The van der Waals surface area contributed by atoms with Gasteiger partial charge in [-0.05, 0) is 19.4 Å². The van der Waals surface area contributed by atoms with E-state index < -0.39 is 6.10 Å². The van der Waals surface area contributed by atoms with Crippen molar-refractivity contribution in [1.82, 2.24) is 9.88 Å². The fraction of sp³-hybridized carbons (Fsp3) is 0.500. The number of aliphatic hydroxyl groups is 1. The van der Waals surface area contributed by atoms with Gasteiger partial charge in [0.05, 0.1) is 18.3 Å². The summed E-state index contributed by atoms with van der Waals surface area (Å²) in [5.74, 6) is 0.433. The number of carbonyl (C=O) groups excluding carboxylic acids is 1. The normalized spacial score (nSPS) is 19.4. The largest absolute Gasteiger partial charge is 0.478 e. The number of carbonyl (C=O) groups is 1. The molecule has 0 unspecified atom stereocenters. The van der Waals surface area contributed by atoms with Crippen molar-refractivity contribution in [2.75, 3.05) is 19.7 Å². The van der Waals surface area contributed by atoms with Gasteiger partial charge < -0.3 is 14.7 Å². The highest BCUT2D eigenvalue weighted by Crippen LogP contribution is 2.14. The lowest BCUT2D eigenvalue weighted by Gasteiger charge is -2.15. The molecule has 1 fully saturated rings. The van der Waals surface area contributed by atoms with E-state index in [0.717, 1.165) is 0 Å². The monoisotopic (exact) mass is 236 g/mol. The Labute approximate surface area is 100 Å². The van der Waals surface area contributed by atoms with E-state index in [4.69, 9.17) is 4.74 Å². The Kier molecular flexibility index (Phi) is 3.58. The quantitative estimate of drug-likeness (QED) is 0.838. The van der Waals surface area contributed by atoms with Gasteiger partial charge in [0.25, 0.3) is 5.91 Å². The first-order valence-electron chi connectivity index (χ1n) is 5.77. The number of pyridine rings is 1. The third-order valence-corrected chi connectivity index (χ3v) is 2.73. The molecule has 0 saturated carbocycles. The summed E-state index contributed by atoms with van der Waals surface area (Å²) in [4.78, 5) is 17.7. The van der Waals surface area contributed by atoms with Crippen molar-refractivity contribution >= 4 is 5.91 Å². The second-order valence-corrected chi connectivity index (χ2v) is 4.01. The summed E-state index contributed by atoms with van der Waals surface area (Å²) < 4.78 is 5.21. The molecule has 0 aliphatic carbocycles. The van der Waals surface area contributed by atoms with Gasteiger partial charge in [-0.2, -0.15) is 0 Å². The molecule has 17 heavy (non-hydrogen) atoms. The van der Waals surface area contributed by atoms with Crippen molar-refractivity contribution in [1.29, 1.82) is 0 Å². The second-order valence-electron chi connectivity index (χ2n) is 4.01. The molecule has 5 heteroatoms. The van der Waals surface area contributed by atoms with Gasteiger partial charge >= 0.3 is 0 Å². The van der Waals surface area contributed by atoms with Crippen molar-refractivity contribution in [3.8, 4) is 5.88 Å². The standard InChI is InChI=1S/C12H16N2O3/c1-2-17-11-4-3-9(7-13-11)12(16)14-6-5-10(15)8-14/h3-4,7,10,15H,2,5-6,8H2,1H3/t10-/m1/s1. The molecule has 1 N–H and O–H groups in total. The van der Waals surface area contributed by atoms with Crippen molar-refractivity contribution in [3.05, 3.63) is 23.9 Å². The molecule has 1 aliphatic rings. The van der Waals surface area contributed by atoms with Gasteiger partial charge in [-0.1, -0.05) is 0 Å². The molecule has 1 atom stereocenters. The molecule has 1 aromatic rings. The van der Waals surface area contributed by atoms with Crippen LogP contribution in [0, 0.1) is 0 Å². The molecule has 0 spiro atoms. The molecule has 0 bridgehead atoms. The second kappa shape index (κ2) is 5.14. The molecule has 5 nitrogen and oxygen atoms in total. The predicted molar refractivity (Wildman–Crippen MR) is 61.9 cm³/mol. The van der Waals surface area contributed by atoms with Gasteiger partial charge in [0.15, 0.2) is 0 Å². The van der Waals surface area contributed by atoms with Gasteiger partial charge in [0.2, 0.25) is 5.88 Å². The van der Waals surface area contributed by atoms with E-state index in [1.807, 2.05) is 6.92 Å². The van der Waals surface area contributed by atoms with Crippen LogP contribution in [0.1, 0.15) is 23.7 Å². The maximum Gasteiger partial charge on any atom is 0.255 e. The smallest absolute Gasteiger partial charge is 0.255 e. The first kappa shape index (κ1) is 11.9. The fourth-order valence-corrected chi connectivity index (χ4v) is 1.85. The van der Waals surface area contributed by atoms with Gasteiger partial charge in [0, 0.05) is 25.4 Å². The molecule has 1 amide bonds. The average molecular weight is 236 g/mol. The van der Waals surface area contributed by atoms with Crippen molar-refractivity contribution in [3.63, 3.8) is 0 Å². The third-order valence-electron chi connectivity index (χ3n) is 2.73. The fourth-order valence-electron chi connectivity index (χ4n) is 1.85. The van der Waals surface area contributed by atoms with E-state index in [2.05, 4.69) is 4.98 Å². The average Bonchev–Trinajstić information content (AvgIpc) is 2.76. The maximum atomic E-state index is 12.0. The highest BCUT2D eigenvalue weighted by atomic mass is 16.5. The first-order valence-corrected chi connectivity index (χ1v) is 5.77. The van der Waals surface area contributed by atoms with Gasteiger partial charge in [-0.15, -0.1) is 0 Å². The number of rotatable bonds is 3. The lowest BCUT2D eigenvalue weighted by molar-refractivity contribution is 0.0764. The van der Waals surface area contributed by atoms with E-state index in [0.29, 0.717) is 37.6 Å². The molecular formula is C12H16N2O3. The van der Waals surface area contributed by atoms with Gasteiger partial charge in [-0.25, -0.2) is 4.98 Å². The summed E-state index contributed by atoms with van der Waals surface area (Å²) in [5.41, 5.74) is 0.530. The molecule has 1 saturated heterocycles. The van der Waals surface area contributed by atoms with Crippen molar-refractivity contribution < 1.29 is 14.6 Å². The number of aliphatic hydroxyl groups excluding tert-OH is 1. The van der Waals surface area contributed by atoms with E-state index in [1.165, 1.54) is 6.20 Å². The number of hydrogen-bond donors (Lipinski definition) is 1. The van der Waals surface area contributed by atoms with Crippen LogP contribution in [0.2, 0.25) is 0 Å². The molecule has 1 aliphatic heterocycles. The Bertz CT molecular complexity index is 391. The van der Waals surface area contributed by atoms with Crippen LogP contribution in [0.4, 0.5) is 0 Å². The van der Waals surface area contributed by atoms with Crippen LogP contribution in [0.5, 0.6) is 5.88 Å². The minimum Gasteiger partial charge on any atom is -0.478 e. The van der Waals surface area contributed by atoms with E-state index >= 15 is 0 Å². The number of hydrogen-bond acceptors (Lipinski definition) is 4. The van der Waals surface area contributed by atoms with E-state index in [9.17, 15) is 9.90 Å². The van der Waals surface area contributed by atoms with Crippen LogP contribution in [0.3, 0.4) is 0 Å². The molecule has 92 valence electrons. The zero-order chi connectivity index (χ0) is 12.3. The number of β-amino-alcohol motifs (C(OH)–C–C–N with tert-alkyl or cyclic N) is 1. The van der Waals surface area contributed by atoms with Crippen LogP contribution >= 0.6 is 0 Å². The third kappa shape index (κ3) is 2.74. The lowest BCUT2D eigenvalue weighted by Crippen LogP contribution is -2.29. The highest BCUT2D eigenvalue weighted by molar-refractivity contribution is 5.94. The first-order chi connectivity index (χ1) is 8.20. The molecule has 2 heterocycles. The Morgan fingerprint density at radius 2 is 2.47 bits per heavy atom. The topological polar surface area (TPSA) is 62.7 Å². The predicted octanol–water partition coefficient (Wildman–Crippen LogP) is 0.687. The van der Waals surface area contributed by atoms with Gasteiger partial charge in [-0.3, -0.25) is 4.79 Å². The Morgan fingerprint density at radius 1 is 1.65 bits per heavy atom. The summed E-state index contributed by atoms with van der Waals surface area (Å²) in [6.45, 7) is 3.45. The number of ether oxygens (including phenoxy) is 1. The van der Waals surface area contributed by atoms with Crippen LogP contribution in [-0.4, -0.2) is 46.7 Å². The Hall–Kier alpha value is -1.62. The summed E-state index contributed by atoms with van der Waals surface area (Å²) in [6.07, 6.45) is 1.77. The molecule has 0 aromatic carbocycles. The number of aromatic nitrogens is 1. The van der Waals surface area contributed by atoms with Crippen molar-refractivity contribution in [2.24, 2.45) is 0 Å². The molecule has 0 radical (unpaired) electrons. The van der Waals surface area contributed by atoms with E-state index in [-0.39, 0.29) is 5.91 Å². The summed E-state index contributed by atoms with van der Waals surface area (Å²) >= 11 is 0. The van der Waals surface area contributed by atoms with Crippen LogP contribution in [0.15, 0.2) is 18.3 Å². The Morgan fingerprint density at radius 3 is 3.00 bits per heavy atom. The zero-order valence-corrected chi connectivity index (χ0v) is 9.80. The van der Waals surface area contributed by atoms with Crippen molar-refractivity contribution in [2.45, 2.75) is 19.4 Å². The summed E-state index contributed by atoms with van der Waals surface area (Å²) in [6, 6.07) is 3.38. The van der Waals surface area contributed by atoms with Crippen LogP contribution in [-0.2, 0) is 0 Å². The minimum absolute atomic E-state index is 0.0860. The van der Waals surface area contributed by atoms with Gasteiger partial charge in [0.1, 0.15) is 0 Å².